The Morgan fingerprint density at radius 2 is 1.90 bits per heavy atom. The van der Waals surface area contributed by atoms with Gasteiger partial charge in [0.15, 0.2) is 0 Å². The second kappa shape index (κ2) is 7.19. The SMILES string of the molecule is Cc1cc(F)ccc1[C@@H](CCC(C)C)N1CCNCC1. The van der Waals surface area contributed by atoms with Crippen LogP contribution in [0.15, 0.2) is 18.2 Å². The van der Waals surface area contributed by atoms with Gasteiger partial charge in [-0.25, -0.2) is 4.39 Å². The molecule has 1 aromatic carbocycles. The Balaban J connectivity index is 2.19. The molecule has 0 saturated carbocycles. The van der Waals surface area contributed by atoms with Gasteiger partial charge in [-0.3, -0.25) is 4.90 Å². The number of hydrogen-bond donors (Lipinski definition) is 1. The van der Waals surface area contributed by atoms with E-state index in [4.69, 9.17) is 0 Å². The van der Waals surface area contributed by atoms with E-state index < -0.39 is 0 Å². The molecule has 0 amide bonds. The highest BCUT2D eigenvalue weighted by atomic mass is 19.1. The second-order valence-corrected chi connectivity index (χ2v) is 6.27. The van der Waals surface area contributed by atoms with E-state index in [1.807, 2.05) is 13.0 Å². The third-order valence-corrected chi connectivity index (χ3v) is 4.20. The normalized spacial score (nSPS) is 18.4. The quantitative estimate of drug-likeness (QED) is 0.886. The molecule has 0 aliphatic carbocycles. The van der Waals surface area contributed by atoms with Gasteiger partial charge in [0.05, 0.1) is 0 Å². The number of hydrogen-bond acceptors (Lipinski definition) is 2. The second-order valence-electron chi connectivity index (χ2n) is 6.27. The molecule has 1 saturated heterocycles. The van der Waals surface area contributed by atoms with Crippen molar-refractivity contribution >= 4 is 0 Å². The molecule has 0 bridgehead atoms. The number of halogens is 1. The summed E-state index contributed by atoms with van der Waals surface area (Å²) >= 11 is 0. The monoisotopic (exact) mass is 278 g/mol. The molecule has 1 heterocycles. The molecule has 1 aromatic rings. The molecule has 1 aliphatic rings. The molecule has 3 heteroatoms. The summed E-state index contributed by atoms with van der Waals surface area (Å²) in [4.78, 5) is 2.55. The van der Waals surface area contributed by atoms with Crippen LogP contribution in [0.25, 0.3) is 0 Å². The smallest absolute Gasteiger partial charge is 0.123 e. The molecule has 1 atom stereocenters. The molecule has 0 unspecified atom stereocenters. The number of aryl methyl sites for hydroxylation is 1. The first kappa shape index (κ1) is 15.5. The first-order valence-corrected chi connectivity index (χ1v) is 7.78. The van der Waals surface area contributed by atoms with Gasteiger partial charge >= 0.3 is 0 Å². The van der Waals surface area contributed by atoms with Gasteiger partial charge in [-0.05, 0) is 48.9 Å². The van der Waals surface area contributed by atoms with Crippen LogP contribution in [-0.2, 0) is 0 Å². The van der Waals surface area contributed by atoms with E-state index in [1.165, 1.54) is 12.0 Å². The number of rotatable bonds is 5. The van der Waals surface area contributed by atoms with E-state index in [9.17, 15) is 4.39 Å². The summed E-state index contributed by atoms with van der Waals surface area (Å²) in [6.45, 7) is 10.8. The summed E-state index contributed by atoms with van der Waals surface area (Å²) < 4.78 is 13.3. The number of benzene rings is 1. The zero-order valence-corrected chi connectivity index (χ0v) is 13.0. The Morgan fingerprint density at radius 1 is 1.20 bits per heavy atom. The molecule has 0 aromatic heterocycles. The summed E-state index contributed by atoms with van der Waals surface area (Å²) in [5.74, 6) is 0.579. The van der Waals surface area contributed by atoms with E-state index in [-0.39, 0.29) is 5.82 Å². The van der Waals surface area contributed by atoms with E-state index >= 15 is 0 Å². The number of piperazine rings is 1. The molecule has 2 rings (SSSR count). The molecular formula is C17H27FN2. The van der Waals surface area contributed by atoms with Crippen LogP contribution in [0.3, 0.4) is 0 Å². The highest BCUT2D eigenvalue weighted by molar-refractivity contribution is 5.29. The lowest BCUT2D eigenvalue weighted by Crippen LogP contribution is -2.45. The van der Waals surface area contributed by atoms with E-state index in [2.05, 4.69) is 24.1 Å². The van der Waals surface area contributed by atoms with Gasteiger partial charge in [0, 0.05) is 32.2 Å². The Labute approximate surface area is 122 Å². The lowest BCUT2D eigenvalue weighted by molar-refractivity contribution is 0.159. The molecule has 0 spiro atoms. The Hall–Kier alpha value is -0.930. The molecule has 0 radical (unpaired) electrons. The summed E-state index contributed by atoms with van der Waals surface area (Å²) in [6.07, 6.45) is 2.37. The average molecular weight is 278 g/mol. The van der Waals surface area contributed by atoms with Crippen molar-refractivity contribution < 1.29 is 4.39 Å². The maximum Gasteiger partial charge on any atom is 0.123 e. The molecule has 2 nitrogen and oxygen atoms in total. The van der Waals surface area contributed by atoms with Gasteiger partial charge in [0.1, 0.15) is 5.82 Å². The zero-order chi connectivity index (χ0) is 14.5. The summed E-state index contributed by atoms with van der Waals surface area (Å²) in [7, 11) is 0. The zero-order valence-electron chi connectivity index (χ0n) is 13.0. The third kappa shape index (κ3) is 4.03. The minimum Gasteiger partial charge on any atom is -0.314 e. The highest BCUT2D eigenvalue weighted by Gasteiger charge is 2.23. The Bertz CT molecular complexity index is 425. The fraction of sp³-hybridized carbons (Fsp3) is 0.647. The van der Waals surface area contributed by atoms with Crippen LogP contribution < -0.4 is 5.32 Å². The lowest BCUT2D eigenvalue weighted by Gasteiger charge is -2.36. The first-order valence-electron chi connectivity index (χ1n) is 7.78. The number of nitrogens with one attached hydrogen (secondary N) is 1. The van der Waals surface area contributed by atoms with E-state index in [0.717, 1.165) is 38.2 Å². The minimum absolute atomic E-state index is 0.130. The van der Waals surface area contributed by atoms with Crippen molar-refractivity contribution in [2.75, 3.05) is 26.2 Å². The lowest BCUT2D eigenvalue weighted by atomic mass is 9.93. The summed E-state index contributed by atoms with van der Waals surface area (Å²) in [6, 6.07) is 5.69. The predicted molar refractivity (Wildman–Crippen MR) is 82.4 cm³/mol. The fourth-order valence-corrected chi connectivity index (χ4v) is 3.03. The summed E-state index contributed by atoms with van der Waals surface area (Å²) in [5, 5.41) is 3.41. The largest absolute Gasteiger partial charge is 0.314 e. The van der Waals surface area contributed by atoms with Crippen LogP contribution in [-0.4, -0.2) is 31.1 Å². The van der Waals surface area contributed by atoms with Gasteiger partial charge in [-0.1, -0.05) is 19.9 Å². The van der Waals surface area contributed by atoms with Crippen LogP contribution in [0.4, 0.5) is 4.39 Å². The maximum atomic E-state index is 13.3. The third-order valence-electron chi connectivity index (χ3n) is 4.20. The van der Waals surface area contributed by atoms with Crippen LogP contribution in [0.2, 0.25) is 0 Å². The standard InChI is InChI=1S/C17H27FN2/c1-13(2)4-7-17(20-10-8-19-9-11-20)16-6-5-15(18)12-14(16)3/h5-6,12-13,17,19H,4,7-11H2,1-3H3/t17-/m1/s1. The van der Waals surface area contributed by atoms with Crippen LogP contribution in [0.5, 0.6) is 0 Å². The molecule has 1 aliphatic heterocycles. The van der Waals surface area contributed by atoms with Gasteiger partial charge in [0.25, 0.3) is 0 Å². The fourth-order valence-electron chi connectivity index (χ4n) is 3.03. The highest BCUT2D eigenvalue weighted by Crippen LogP contribution is 2.30. The van der Waals surface area contributed by atoms with Gasteiger partial charge in [0.2, 0.25) is 0 Å². The van der Waals surface area contributed by atoms with Crippen LogP contribution >= 0.6 is 0 Å². The maximum absolute atomic E-state index is 13.3. The van der Waals surface area contributed by atoms with Crippen LogP contribution in [0, 0.1) is 18.7 Å². The molecule has 20 heavy (non-hydrogen) atoms. The molecule has 1 fully saturated rings. The van der Waals surface area contributed by atoms with Gasteiger partial charge in [-0.15, -0.1) is 0 Å². The van der Waals surface area contributed by atoms with Crippen molar-refractivity contribution in [1.82, 2.24) is 10.2 Å². The van der Waals surface area contributed by atoms with Crippen LogP contribution in [0.1, 0.15) is 43.9 Å². The van der Waals surface area contributed by atoms with Crippen molar-refractivity contribution in [2.24, 2.45) is 5.92 Å². The average Bonchev–Trinajstić information content (AvgIpc) is 2.42. The van der Waals surface area contributed by atoms with Crippen molar-refractivity contribution in [2.45, 2.75) is 39.7 Å². The van der Waals surface area contributed by atoms with Crippen molar-refractivity contribution in [3.63, 3.8) is 0 Å². The predicted octanol–water partition coefficient (Wildman–Crippen LogP) is 3.52. The molecule has 112 valence electrons. The van der Waals surface area contributed by atoms with Crippen molar-refractivity contribution in [1.29, 1.82) is 0 Å². The topological polar surface area (TPSA) is 15.3 Å². The van der Waals surface area contributed by atoms with E-state index in [0.29, 0.717) is 12.0 Å². The Morgan fingerprint density at radius 3 is 2.50 bits per heavy atom. The molecule has 1 N–H and O–H groups in total. The van der Waals surface area contributed by atoms with Gasteiger partial charge in [-0.2, -0.15) is 0 Å². The van der Waals surface area contributed by atoms with Crippen molar-refractivity contribution in [3.05, 3.63) is 35.1 Å². The Kier molecular flexibility index (Phi) is 5.55. The molecular weight excluding hydrogens is 251 g/mol. The first-order chi connectivity index (χ1) is 9.58. The minimum atomic E-state index is -0.130. The summed E-state index contributed by atoms with van der Waals surface area (Å²) in [5.41, 5.74) is 2.38. The van der Waals surface area contributed by atoms with Crippen molar-refractivity contribution in [3.8, 4) is 0 Å². The number of nitrogens with zero attached hydrogens (tertiary/aromatic N) is 1. The van der Waals surface area contributed by atoms with Gasteiger partial charge < -0.3 is 5.32 Å². The van der Waals surface area contributed by atoms with E-state index in [1.54, 1.807) is 12.1 Å².